The van der Waals surface area contributed by atoms with Gasteiger partial charge in [-0.3, -0.25) is 4.98 Å². The molecule has 0 saturated heterocycles. The predicted octanol–water partition coefficient (Wildman–Crippen LogP) is 3.27. The zero-order valence-electron chi connectivity index (χ0n) is 13.0. The Morgan fingerprint density at radius 2 is 2.04 bits per heavy atom. The summed E-state index contributed by atoms with van der Waals surface area (Å²) >= 11 is 0. The van der Waals surface area contributed by atoms with E-state index >= 15 is 0 Å². The van der Waals surface area contributed by atoms with Crippen molar-refractivity contribution in [2.45, 2.75) is 18.8 Å². The standard InChI is InChI=1S/C17H13FN6O/c18-12-4-13-9(3-10(12)16-23-24-17(19)25-16)11(5-21-13)15-7-20-6-14(22-15)8-1-2-8/h3-8,21H,1-2H2,(H2,19,24). The fourth-order valence-electron chi connectivity index (χ4n) is 2.95. The third-order valence-electron chi connectivity index (χ3n) is 4.37. The van der Waals surface area contributed by atoms with Crippen LogP contribution in [0.2, 0.25) is 0 Å². The second-order valence-corrected chi connectivity index (χ2v) is 6.13. The van der Waals surface area contributed by atoms with E-state index < -0.39 is 5.82 Å². The molecule has 0 aliphatic heterocycles. The van der Waals surface area contributed by atoms with Crippen molar-refractivity contribution in [3.63, 3.8) is 0 Å². The quantitative estimate of drug-likeness (QED) is 0.594. The van der Waals surface area contributed by atoms with E-state index in [0.29, 0.717) is 11.4 Å². The number of nitrogens with zero attached hydrogens (tertiary/aromatic N) is 4. The summed E-state index contributed by atoms with van der Waals surface area (Å²) in [5.74, 6) is 0.0799. The molecule has 1 aliphatic rings. The van der Waals surface area contributed by atoms with Gasteiger partial charge in [0, 0.05) is 34.8 Å². The number of halogens is 1. The van der Waals surface area contributed by atoms with Crippen LogP contribution in [0.1, 0.15) is 24.5 Å². The molecule has 1 saturated carbocycles. The Hall–Kier alpha value is -3.29. The fraction of sp³-hybridized carbons (Fsp3) is 0.176. The first-order valence-electron chi connectivity index (χ1n) is 7.91. The summed E-state index contributed by atoms with van der Waals surface area (Å²) in [7, 11) is 0. The minimum Gasteiger partial charge on any atom is -0.403 e. The van der Waals surface area contributed by atoms with E-state index in [1.807, 2.05) is 6.20 Å². The monoisotopic (exact) mass is 336 g/mol. The smallest absolute Gasteiger partial charge is 0.313 e. The minimum absolute atomic E-state index is 0.0434. The van der Waals surface area contributed by atoms with Crippen LogP contribution >= 0.6 is 0 Å². The maximum atomic E-state index is 14.4. The molecule has 4 aromatic rings. The number of aromatic nitrogens is 5. The Kier molecular flexibility index (Phi) is 2.87. The van der Waals surface area contributed by atoms with Gasteiger partial charge in [0.05, 0.1) is 23.1 Å². The first kappa shape index (κ1) is 14.1. The molecule has 3 N–H and O–H groups in total. The van der Waals surface area contributed by atoms with Crippen molar-refractivity contribution in [3.8, 4) is 22.7 Å². The molecule has 124 valence electrons. The van der Waals surface area contributed by atoms with E-state index in [9.17, 15) is 4.39 Å². The summed E-state index contributed by atoms with van der Waals surface area (Å²) < 4.78 is 19.5. The molecule has 1 aromatic carbocycles. The molecule has 0 bridgehead atoms. The fourth-order valence-corrected chi connectivity index (χ4v) is 2.95. The van der Waals surface area contributed by atoms with Crippen molar-refractivity contribution < 1.29 is 8.81 Å². The van der Waals surface area contributed by atoms with Gasteiger partial charge in [-0.2, -0.15) is 0 Å². The Bertz CT molecular complexity index is 1100. The summed E-state index contributed by atoms with van der Waals surface area (Å²) in [6.45, 7) is 0. The number of fused-ring (bicyclic) bond motifs is 1. The summed E-state index contributed by atoms with van der Waals surface area (Å²) in [5, 5.41) is 8.15. The van der Waals surface area contributed by atoms with Crippen LogP contribution in [-0.2, 0) is 0 Å². The molecule has 0 unspecified atom stereocenters. The molecule has 5 rings (SSSR count). The molecule has 0 atom stereocenters. The molecule has 0 spiro atoms. The highest BCUT2D eigenvalue weighted by molar-refractivity contribution is 5.96. The SMILES string of the molecule is Nc1nnc(-c2cc3c(-c4cncc(C5CC5)n4)c[nH]c3cc2F)o1. The summed E-state index contributed by atoms with van der Waals surface area (Å²) in [4.78, 5) is 12.1. The molecule has 7 nitrogen and oxygen atoms in total. The average Bonchev–Trinajstić information content (AvgIpc) is 3.26. The molecular weight excluding hydrogens is 323 g/mol. The first-order valence-corrected chi connectivity index (χ1v) is 7.91. The maximum absolute atomic E-state index is 14.4. The van der Waals surface area contributed by atoms with Gasteiger partial charge in [0.2, 0.25) is 0 Å². The Labute approximate surface area is 141 Å². The zero-order valence-corrected chi connectivity index (χ0v) is 13.0. The normalized spacial score (nSPS) is 14.3. The highest BCUT2D eigenvalue weighted by atomic mass is 19.1. The van der Waals surface area contributed by atoms with E-state index in [1.54, 1.807) is 18.5 Å². The van der Waals surface area contributed by atoms with Gasteiger partial charge in [-0.05, 0) is 25.0 Å². The number of nitrogen functional groups attached to an aromatic ring is 1. The van der Waals surface area contributed by atoms with Gasteiger partial charge in [0.25, 0.3) is 5.89 Å². The minimum atomic E-state index is -0.470. The van der Waals surface area contributed by atoms with Crippen molar-refractivity contribution in [2.75, 3.05) is 5.73 Å². The van der Waals surface area contributed by atoms with Crippen LogP contribution < -0.4 is 5.73 Å². The van der Waals surface area contributed by atoms with Gasteiger partial charge < -0.3 is 15.1 Å². The molecule has 3 aromatic heterocycles. The lowest BCUT2D eigenvalue weighted by Crippen LogP contribution is -1.92. The van der Waals surface area contributed by atoms with Gasteiger partial charge >= 0.3 is 6.01 Å². The molecule has 3 heterocycles. The van der Waals surface area contributed by atoms with Crippen LogP contribution in [0.25, 0.3) is 33.6 Å². The van der Waals surface area contributed by atoms with Gasteiger partial charge in [0.1, 0.15) is 5.82 Å². The van der Waals surface area contributed by atoms with Gasteiger partial charge in [-0.15, -0.1) is 5.10 Å². The number of hydrogen-bond acceptors (Lipinski definition) is 6. The Morgan fingerprint density at radius 3 is 2.80 bits per heavy atom. The maximum Gasteiger partial charge on any atom is 0.313 e. The van der Waals surface area contributed by atoms with Crippen LogP contribution in [0.4, 0.5) is 10.4 Å². The third-order valence-corrected chi connectivity index (χ3v) is 4.37. The summed E-state index contributed by atoms with van der Waals surface area (Å²) in [6, 6.07) is 2.95. The van der Waals surface area contributed by atoms with Crippen molar-refractivity contribution >= 4 is 16.9 Å². The molecule has 25 heavy (non-hydrogen) atoms. The number of benzene rings is 1. The number of nitrogens with two attached hydrogens (primary N) is 1. The van der Waals surface area contributed by atoms with Crippen molar-refractivity contribution in [1.29, 1.82) is 0 Å². The van der Waals surface area contributed by atoms with Crippen molar-refractivity contribution in [1.82, 2.24) is 25.1 Å². The number of hydrogen-bond donors (Lipinski definition) is 2. The highest BCUT2D eigenvalue weighted by Crippen LogP contribution is 2.40. The molecule has 8 heteroatoms. The van der Waals surface area contributed by atoms with Gasteiger partial charge in [-0.25, -0.2) is 9.37 Å². The van der Waals surface area contributed by atoms with Crippen LogP contribution in [-0.4, -0.2) is 25.1 Å². The van der Waals surface area contributed by atoms with E-state index in [4.69, 9.17) is 15.1 Å². The van der Waals surface area contributed by atoms with E-state index in [2.05, 4.69) is 20.2 Å². The van der Waals surface area contributed by atoms with E-state index in [-0.39, 0.29) is 17.5 Å². The van der Waals surface area contributed by atoms with E-state index in [0.717, 1.165) is 35.2 Å². The van der Waals surface area contributed by atoms with Crippen LogP contribution in [0, 0.1) is 5.82 Å². The largest absolute Gasteiger partial charge is 0.403 e. The molecular formula is C17H13FN6O. The van der Waals surface area contributed by atoms with Gasteiger partial charge in [0.15, 0.2) is 0 Å². The highest BCUT2D eigenvalue weighted by Gasteiger charge is 2.26. The lowest BCUT2D eigenvalue weighted by Gasteiger charge is -2.03. The van der Waals surface area contributed by atoms with E-state index in [1.165, 1.54) is 6.07 Å². The third kappa shape index (κ3) is 2.34. The molecule has 1 fully saturated rings. The Balaban J connectivity index is 1.68. The number of rotatable bonds is 3. The Morgan fingerprint density at radius 1 is 1.16 bits per heavy atom. The zero-order chi connectivity index (χ0) is 17.0. The topological polar surface area (TPSA) is 107 Å². The lowest BCUT2D eigenvalue weighted by atomic mass is 10.1. The first-order chi connectivity index (χ1) is 12.2. The second kappa shape index (κ2) is 5.10. The second-order valence-electron chi connectivity index (χ2n) is 6.13. The number of anilines is 1. The van der Waals surface area contributed by atoms with Crippen molar-refractivity contribution in [2.24, 2.45) is 0 Å². The molecule has 0 amide bonds. The van der Waals surface area contributed by atoms with Gasteiger partial charge in [-0.1, -0.05) is 5.10 Å². The van der Waals surface area contributed by atoms with Crippen LogP contribution in [0.5, 0.6) is 0 Å². The van der Waals surface area contributed by atoms with Crippen LogP contribution in [0.15, 0.2) is 35.1 Å². The average molecular weight is 336 g/mol. The van der Waals surface area contributed by atoms with Crippen LogP contribution in [0.3, 0.4) is 0 Å². The molecule has 1 aliphatic carbocycles. The predicted molar refractivity (Wildman–Crippen MR) is 89.0 cm³/mol. The number of nitrogens with one attached hydrogen (secondary N) is 1. The lowest BCUT2D eigenvalue weighted by molar-refractivity contribution is 0.575. The summed E-state index contributed by atoms with van der Waals surface area (Å²) in [6.07, 6.45) is 7.63. The number of aromatic amines is 1. The number of H-pyrrole nitrogens is 1. The molecule has 0 radical (unpaired) electrons. The van der Waals surface area contributed by atoms with Crippen molar-refractivity contribution in [3.05, 3.63) is 42.2 Å². The summed E-state index contributed by atoms with van der Waals surface area (Å²) in [5.41, 5.74) is 8.89.